The number of aliphatic imine (C=N–C) groups is 1. The van der Waals surface area contributed by atoms with Crippen molar-refractivity contribution in [2.24, 2.45) is 4.99 Å². The lowest BCUT2D eigenvalue weighted by atomic mass is 10.3. The molecule has 0 atom stereocenters. The standard InChI is InChI=1S/C9H6N2O4S2/c1-16-9-10-6(8(12)17-9)4-5-2-3-7(15-5)11(13)14/h2-4H,1H3/b6-4-. The molecule has 6 nitrogen and oxygen atoms in total. The molecule has 0 spiro atoms. The highest BCUT2D eigenvalue weighted by molar-refractivity contribution is 8.45. The third-order valence-electron chi connectivity index (χ3n) is 1.85. The van der Waals surface area contributed by atoms with Crippen LogP contribution in [0.3, 0.4) is 0 Å². The maximum atomic E-state index is 11.5. The molecule has 1 aromatic heterocycles. The molecule has 0 unspecified atom stereocenters. The minimum absolute atomic E-state index is 0.187. The van der Waals surface area contributed by atoms with Crippen molar-refractivity contribution >= 4 is 45.0 Å². The first-order valence-corrected chi connectivity index (χ1v) is 6.45. The van der Waals surface area contributed by atoms with E-state index < -0.39 is 4.92 Å². The van der Waals surface area contributed by atoms with Crippen LogP contribution >= 0.6 is 23.5 Å². The average Bonchev–Trinajstić information content (AvgIpc) is 2.87. The quantitative estimate of drug-likeness (QED) is 0.466. The Kier molecular flexibility index (Phi) is 3.34. The predicted molar refractivity (Wildman–Crippen MR) is 66.9 cm³/mol. The van der Waals surface area contributed by atoms with Crippen molar-refractivity contribution in [2.45, 2.75) is 0 Å². The molecule has 0 saturated heterocycles. The van der Waals surface area contributed by atoms with Gasteiger partial charge in [0.1, 0.15) is 20.8 Å². The van der Waals surface area contributed by atoms with Gasteiger partial charge in [0.25, 0.3) is 0 Å². The highest BCUT2D eigenvalue weighted by Crippen LogP contribution is 2.30. The minimum atomic E-state index is -0.635. The molecule has 17 heavy (non-hydrogen) atoms. The molecule has 0 saturated carbocycles. The molecular weight excluding hydrogens is 264 g/mol. The molecule has 2 heterocycles. The highest BCUT2D eigenvalue weighted by Gasteiger charge is 2.22. The number of nitro groups is 1. The lowest BCUT2D eigenvalue weighted by Gasteiger charge is -1.87. The van der Waals surface area contributed by atoms with E-state index in [0.717, 1.165) is 11.8 Å². The fourth-order valence-electron chi connectivity index (χ4n) is 1.13. The van der Waals surface area contributed by atoms with Crippen LogP contribution < -0.4 is 0 Å². The number of nitrogens with zero attached hydrogens (tertiary/aromatic N) is 2. The molecule has 0 fully saturated rings. The first-order chi connectivity index (χ1) is 8.10. The number of hydrogen-bond donors (Lipinski definition) is 0. The first-order valence-electron chi connectivity index (χ1n) is 4.41. The Hall–Kier alpha value is -1.54. The lowest BCUT2D eigenvalue weighted by molar-refractivity contribution is -0.402. The SMILES string of the molecule is CSC1=N/C(=C\c2ccc([N+](=O)[O-])o2)C(=O)S1. The second-order valence-electron chi connectivity index (χ2n) is 2.93. The van der Waals surface area contributed by atoms with Gasteiger partial charge in [0.05, 0.1) is 6.07 Å². The van der Waals surface area contributed by atoms with Gasteiger partial charge in [0, 0.05) is 6.08 Å². The molecule has 1 aliphatic heterocycles. The molecule has 8 heteroatoms. The zero-order valence-electron chi connectivity index (χ0n) is 8.58. The fraction of sp³-hybridized carbons (Fsp3) is 0.111. The van der Waals surface area contributed by atoms with E-state index in [-0.39, 0.29) is 22.5 Å². The minimum Gasteiger partial charge on any atom is -0.401 e. The molecule has 0 amide bonds. The Labute approximate surface area is 104 Å². The van der Waals surface area contributed by atoms with Crippen molar-refractivity contribution in [3.8, 4) is 0 Å². The fourth-order valence-corrected chi connectivity index (χ4v) is 2.39. The molecular formula is C9H6N2O4S2. The molecule has 0 aromatic carbocycles. The predicted octanol–water partition coefficient (Wildman–Crippen LogP) is 2.52. The van der Waals surface area contributed by atoms with Crippen LogP contribution in [0.4, 0.5) is 5.88 Å². The second kappa shape index (κ2) is 4.76. The summed E-state index contributed by atoms with van der Waals surface area (Å²) in [5.74, 6) is -0.115. The van der Waals surface area contributed by atoms with Crippen LogP contribution in [0.1, 0.15) is 5.76 Å². The van der Waals surface area contributed by atoms with E-state index in [1.54, 1.807) is 0 Å². The number of carbonyl (C=O) groups is 1. The summed E-state index contributed by atoms with van der Waals surface area (Å²) in [4.78, 5) is 25.3. The zero-order chi connectivity index (χ0) is 12.4. The molecule has 0 radical (unpaired) electrons. The third-order valence-corrected chi connectivity index (χ3v) is 3.70. The van der Waals surface area contributed by atoms with Crippen molar-refractivity contribution in [1.29, 1.82) is 0 Å². The van der Waals surface area contributed by atoms with E-state index in [9.17, 15) is 14.9 Å². The Morgan fingerprint density at radius 3 is 2.88 bits per heavy atom. The Morgan fingerprint density at radius 2 is 2.35 bits per heavy atom. The van der Waals surface area contributed by atoms with Crippen molar-refractivity contribution in [3.63, 3.8) is 0 Å². The summed E-state index contributed by atoms with van der Waals surface area (Å²) in [6.45, 7) is 0. The van der Waals surface area contributed by atoms with Crippen molar-refractivity contribution in [1.82, 2.24) is 0 Å². The zero-order valence-corrected chi connectivity index (χ0v) is 10.2. The first kappa shape index (κ1) is 11.9. The van der Waals surface area contributed by atoms with E-state index in [2.05, 4.69) is 4.99 Å². The largest absolute Gasteiger partial charge is 0.433 e. The maximum Gasteiger partial charge on any atom is 0.433 e. The van der Waals surface area contributed by atoms with Gasteiger partial charge in [-0.15, -0.1) is 11.8 Å². The summed E-state index contributed by atoms with van der Waals surface area (Å²) in [6, 6.07) is 2.66. The number of carbonyl (C=O) groups excluding carboxylic acids is 1. The highest BCUT2D eigenvalue weighted by atomic mass is 32.2. The summed E-state index contributed by atoms with van der Waals surface area (Å²) < 4.78 is 5.57. The molecule has 0 N–H and O–H groups in total. The summed E-state index contributed by atoms with van der Waals surface area (Å²) in [6.07, 6.45) is 3.21. The lowest BCUT2D eigenvalue weighted by Crippen LogP contribution is -1.87. The summed E-state index contributed by atoms with van der Waals surface area (Å²) in [7, 11) is 0. The molecule has 1 aromatic rings. The van der Waals surface area contributed by atoms with E-state index >= 15 is 0 Å². The smallest absolute Gasteiger partial charge is 0.401 e. The van der Waals surface area contributed by atoms with Crippen LogP contribution in [0, 0.1) is 10.1 Å². The van der Waals surface area contributed by atoms with Crippen LogP contribution in [0.2, 0.25) is 0 Å². The molecule has 88 valence electrons. The molecule has 1 aliphatic rings. The normalized spacial score (nSPS) is 17.6. The van der Waals surface area contributed by atoms with Crippen LogP contribution in [-0.2, 0) is 4.79 Å². The van der Waals surface area contributed by atoms with Crippen LogP contribution in [0.5, 0.6) is 0 Å². The van der Waals surface area contributed by atoms with Gasteiger partial charge < -0.3 is 4.42 Å². The number of furan rings is 1. The Balaban J connectivity index is 2.27. The van der Waals surface area contributed by atoms with E-state index in [0.29, 0.717) is 4.38 Å². The van der Waals surface area contributed by atoms with E-state index in [1.807, 2.05) is 6.26 Å². The van der Waals surface area contributed by atoms with Crippen molar-refractivity contribution in [2.75, 3.05) is 6.26 Å². The maximum absolute atomic E-state index is 11.5. The van der Waals surface area contributed by atoms with Gasteiger partial charge in [0.2, 0.25) is 5.12 Å². The van der Waals surface area contributed by atoms with Gasteiger partial charge in [-0.2, -0.15) is 0 Å². The van der Waals surface area contributed by atoms with Crippen LogP contribution in [0.25, 0.3) is 6.08 Å². The molecule has 0 bridgehead atoms. The van der Waals surface area contributed by atoms with Gasteiger partial charge in [-0.3, -0.25) is 14.9 Å². The van der Waals surface area contributed by atoms with Crippen LogP contribution in [0.15, 0.2) is 27.2 Å². The summed E-state index contributed by atoms with van der Waals surface area (Å²) >= 11 is 2.41. The third kappa shape index (κ3) is 2.59. The Bertz CT molecular complexity index is 547. The Morgan fingerprint density at radius 1 is 1.59 bits per heavy atom. The average molecular weight is 270 g/mol. The van der Waals surface area contributed by atoms with Crippen molar-refractivity contribution < 1.29 is 14.1 Å². The van der Waals surface area contributed by atoms with Gasteiger partial charge in [-0.05, 0) is 24.1 Å². The van der Waals surface area contributed by atoms with Crippen LogP contribution in [-0.4, -0.2) is 20.7 Å². The van der Waals surface area contributed by atoms with Gasteiger partial charge >= 0.3 is 5.88 Å². The van der Waals surface area contributed by atoms with Gasteiger partial charge in [-0.25, -0.2) is 4.99 Å². The van der Waals surface area contributed by atoms with Gasteiger partial charge in [-0.1, -0.05) is 0 Å². The van der Waals surface area contributed by atoms with Crippen molar-refractivity contribution in [3.05, 3.63) is 33.7 Å². The molecule has 0 aliphatic carbocycles. The number of hydrogen-bond acceptors (Lipinski definition) is 7. The summed E-state index contributed by atoms with van der Waals surface area (Å²) in [5.41, 5.74) is 0.239. The topological polar surface area (TPSA) is 85.7 Å². The van der Waals surface area contributed by atoms with E-state index in [1.165, 1.54) is 30.0 Å². The second-order valence-corrected chi connectivity index (χ2v) is 4.95. The van der Waals surface area contributed by atoms with Gasteiger partial charge in [0.15, 0.2) is 0 Å². The number of rotatable bonds is 2. The number of thioether (sulfide) groups is 2. The molecule has 2 rings (SSSR count). The summed E-state index contributed by atoms with van der Waals surface area (Å²) in [5, 5.41) is 10.2. The monoisotopic (exact) mass is 270 g/mol. The van der Waals surface area contributed by atoms with E-state index in [4.69, 9.17) is 4.42 Å².